The molecule has 24 heavy (non-hydrogen) atoms. The second-order valence-corrected chi connectivity index (χ2v) is 5.52. The summed E-state index contributed by atoms with van der Waals surface area (Å²) >= 11 is 0. The van der Waals surface area contributed by atoms with E-state index < -0.39 is 0 Å². The average molecular weight is 326 g/mol. The standard InChI is InChI=1S/C19H22N2O3/c1-4-18(22)20-15-8-6-9-16(11-15)21-19(23)12-24-17-10-5-7-13(2)14(17)3/h5-11H,4,12H2,1-3H3,(H,20,22)(H,21,23). The van der Waals surface area contributed by atoms with Crippen molar-refractivity contribution in [1.29, 1.82) is 0 Å². The van der Waals surface area contributed by atoms with Crippen LogP contribution in [0.25, 0.3) is 0 Å². The zero-order valence-electron chi connectivity index (χ0n) is 14.2. The molecule has 0 saturated heterocycles. The number of carbonyl (C=O) groups is 2. The van der Waals surface area contributed by atoms with Gasteiger partial charge in [0, 0.05) is 17.8 Å². The van der Waals surface area contributed by atoms with Crippen LogP contribution in [0.2, 0.25) is 0 Å². The number of hydrogen-bond donors (Lipinski definition) is 2. The van der Waals surface area contributed by atoms with Gasteiger partial charge < -0.3 is 15.4 Å². The van der Waals surface area contributed by atoms with Crippen molar-refractivity contribution in [2.24, 2.45) is 0 Å². The van der Waals surface area contributed by atoms with Crippen molar-refractivity contribution in [1.82, 2.24) is 0 Å². The lowest BCUT2D eigenvalue weighted by molar-refractivity contribution is -0.118. The number of ether oxygens (including phenoxy) is 1. The van der Waals surface area contributed by atoms with Crippen LogP contribution < -0.4 is 15.4 Å². The first-order valence-corrected chi connectivity index (χ1v) is 7.88. The lowest BCUT2D eigenvalue weighted by atomic mass is 10.1. The third-order valence-electron chi connectivity index (χ3n) is 3.66. The van der Waals surface area contributed by atoms with E-state index in [1.165, 1.54) is 0 Å². The highest BCUT2D eigenvalue weighted by molar-refractivity contribution is 5.94. The predicted octanol–water partition coefficient (Wildman–Crippen LogP) is 3.67. The van der Waals surface area contributed by atoms with Crippen LogP contribution in [0.3, 0.4) is 0 Å². The topological polar surface area (TPSA) is 67.4 Å². The molecular formula is C19H22N2O3. The average Bonchev–Trinajstić information content (AvgIpc) is 2.56. The van der Waals surface area contributed by atoms with Crippen LogP contribution in [0.1, 0.15) is 24.5 Å². The van der Waals surface area contributed by atoms with Crippen LogP contribution in [0.5, 0.6) is 5.75 Å². The highest BCUT2D eigenvalue weighted by atomic mass is 16.5. The van der Waals surface area contributed by atoms with Gasteiger partial charge in [0.15, 0.2) is 6.61 Å². The molecule has 0 radical (unpaired) electrons. The van der Waals surface area contributed by atoms with Gasteiger partial charge in [-0.05, 0) is 49.2 Å². The van der Waals surface area contributed by atoms with Gasteiger partial charge in [-0.3, -0.25) is 9.59 Å². The molecule has 0 aliphatic rings. The van der Waals surface area contributed by atoms with Crippen molar-refractivity contribution < 1.29 is 14.3 Å². The second kappa shape index (κ2) is 8.15. The Hall–Kier alpha value is -2.82. The molecule has 0 aliphatic heterocycles. The van der Waals surface area contributed by atoms with Crippen LogP contribution in [-0.2, 0) is 9.59 Å². The summed E-state index contributed by atoms with van der Waals surface area (Å²) in [6.07, 6.45) is 0.403. The zero-order valence-corrected chi connectivity index (χ0v) is 14.2. The van der Waals surface area contributed by atoms with Gasteiger partial charge in [-0.15, -0.1) is 0 Å². The van der Waals surface area contributed by atoms with Gasteiger partial charge in [-0.25, -0.2) is 0 Å². The smallest absolute Gasteiger partial charge is 0.262 e. The van der Waals surface area contributed by atoms with E-state index in [0.717, 1.165) is 11.1 Å². The highest BCUT2D eigenvalue weighted by Crippen LogP contribution is 2.20. The minimum atomic E-state index is -0.255. The summed E-state index contributed by atoms with van der Waals surface area (Å²) in [6, 6.07) is 12.8. The molecule has 2 aromatic carbocycles. The number of rotatable bonds is 6. The Morgan fingerprint density at radius 1 is 0.958 bits per heavy atom. The Morgan fingerprint density at radius 2 is 1.58 bits per heavy atom. The molecular weight excluding hydrogens is 304 g/mol. The second-order valence-electron chi connectivity index (χ2n) is 5.52. The normalized spacial score (nSPS) is 10.1. The summed E-state index contributed by atoms with van der Waals surface area (Å²) in [5.41, 5.74) is 3.40. The van der Waals surface area contributed by atoms with Crippen molar-refractivity contribution >= 4 is 23.2 Å². The minimum Gasteiger partial charge on any atom is -0.483 e. The summed E-state index contributed by atoms with van der Waals surface area (Å²) in [5.74, 6) is 0.376. The largest absolute Gasteiger partial charge is 0.483 e. The molecule has 0 aromatic heterocycles. The summed E-state index contributed by atoms with van der Waals surface area (Å²) in [6.45, 7) is 5.67. The molecule has 0 bridgehead atoms. The fourth-order valence-corrected chi connectivity index (χ4v) is 2.14. The SMILES string of the molecule is CCC(=O)Nc1cccc(NC(=O)COc2cccc(C)c2C)c1. The fourth-order valence-electron chi connectivity index (χ4n) is 2.14. The van der Waals surface area contributed by atoms with Gasteiger partial charge in [0.25, 0.3) is 5.91 Å². The molecule has 2 amide bonds. The lowest BCUT2D eigenvalue weighted by Crippen LogP contribution is -2.20. The fraction of sp³-hybridized carbons (Fsp3) is 0.263. The first-order valence-electron chi connectivity index (χ1n) is 7.88. The number of hydrogen-bond acceptors (Lipinski definition) is 3. The van der Waals surface area contributed by atoms with Gasteiger partial charge in [-0.1, -0.05) is 25.1 Å². The molecule has 2 rings (SSSR count). The Morgan fingerprint density at radius 3 is 2.25 bits per heavy atom. The number of carbonyl (C=O) groups excluding carboxylic acids is 2. The maximum absolute atomic E-state index is 12.0. The van der Waals surface area contributed by atoms with Crippen molar-refractivity contribution in [2.45, 2.75) is 27.2 Å². The predicted molar refractivity (Wildman–Crippen MR) is 95.4 cm³/mol. The van der Waals surface area contributed by atoms with Crippen molar-refractivity contribution in [3.05, 3.63) is 53.6 Å². The maximum atomic E-state index is 12.0. The third kappa shape index (κ3) is 4.84. The molecule has 0 aliphatic carbocycles. The molecule has 0 unspecified atom stereocenters. The molecule has 2 N–H and O–H groups in total. The van der Waals surface area contributed by atoms with Crippen molar-refractivity contribution in [3.63, 3.8) is 0 Å². The van der Waals surface area contributed by atoms with Crippen LogP contribution in [0, 0.1) is 13.8 Å². The maximum Gasteiger partial charge on any atom is 0.262 e. The highest BCUT2D eigenvalue weighted by Gasteiger charge is 2.07. The molecule has 0 atom stereocenters. The molecule has 0 fully saturated rings. The van der Waals surface area contributed by atoms with Crippen molar-refractivity contribution in [2.75, 3.05) is 17.2 Å². The first-order chi connectivity index (χ1) is 11.5. The molecule has 5 nitrogen and oxygen atoms in total. The molecule has 126 valence electrons. The molecule has 0 saturated carbocycles. The van der Waals surface area contributed by atoms with E-state index in [9.17, 15) is 9.59 Å². The number of benzene rings is 2. The third-order valence-corrected chi connectivity index (χ3v) is 3.66. The Bertz CT molecular complexity index is 741. The van der Waals surface area contributed by atoms with E-state index in [0.29, 0.717) is 23.5 Å². The first kappa shape index (κ1) is 17.5. The van der Waals surface area contributed by atoms with Crippen LogP contribution >= 0.6 is 0 Å². The Labute approximate surface area is 142 Å². The zero-order chi connectivity index (χ0) is 17.5. The van der Waals surface area contributed by atoms with Crippen LogP contribution in [0.4, 0.5) is 11.4 Å². The van der Waals surface area contributed by atoms with E-state index in [1.54, 1.807) is 31.2 Å². The van der Waals surface area contributed by atoms with E-state index >= 15 is 0 Å². The van der Waals surface area contributed by atoms with E-state index in [2.05, 4.69) is 10.6 Å². The summed E-state index contributed by atoms with van der Waals surface area (Å²) in [4.78, 5) is 23.5. The number of amides is 2. The van der Waals surface area contributed by atoms with Gasteiger partial charge in [0.2, 0.25) is 5.91 Å². The van der Waals surface area contributed by atoms with Gasteiger partial charge in [0.1, 0.15) is 5.75 Å². The lowest BCUT2D eigenvalue weighted by Gasteiger charge is -2.11. The minimum absolute atomic E-state index is 0.0725. The molecule has 2 aromatic rings. The van der Waals surface area contributed by atoms with Gasteiger partial charge in [0.05, 0.1) is 0 Å². The number of aryl methyl sites for hydroxylation is 1. The quantitative estimate of drug-likeness (QED) is 0.851. The Balaban J connectivity index is 1.94. The number of anilines is 2. The van der Waals surface area contributed by atoms with E-state index in [1.807, 2.05) is 32.0 Å². The van der Waals surface area contributed by atoms with Crippen molar-refractivity contribution in [3.8, 4) is 5.75 Å². The molecule has 5 heteroatoms. The summed E-state index contributed by atoms with van der Waals surface area (Å²) in [7, 11) is 0. The number of nitrogens with one attached hydrogen (secondary N) is 2. The van der Waals surface area contributed by atoms with Gasteiger partial charge in [-0.2, -0.15) is 0 Å². The van der Waals surface area contributed by atoms with Crippen LogP contribution in [-0.4, -0.2) is 18.4 Å². The summed E-state index contributed by atoms with van der Waals surface area (Å²) in [5, 5.41) is 5.52. The monoisotopic (exact) mass is 326 g/mol. The molecule has 0 spiro atoms. The van der Waals surface area contributed by atoms with Crippen LogP contribution in [0.15, 0.2) is 42.5 Å². The van der Waals surface area contributed by atoms with Gasteiger partial charge >= 0.3 is 0 Å². The van der Waals surface area contributed by atoms with E-state index in [4.69, 9.17) is 4.74 Å². The molecule has 0 heterocycles. The Kier molecular flexibility index (Phi) is 5.95. The summed E-state index contributed by atoms with van der Waals surface area (Å²) < 4.78 is 5.58. The van der Waals surface area contributed by atoms with E-state index in [-0.39, 0.29) is 18.4 Å².